The largest absolute Gasteiger partial charge is 0.466 e. The maximum absolute atomic E-state index is 14.4. The fourth-order valence-corrected chi connectivity index (χ4v) is 6.55. The fraction of sp³-hybridized carbons (Fsp3) is 0.483. The second kappa shape index (κ2) is 9.48. The molecule has 5 atom stereocenters. The summed E-state index contributed by atoms with van der Waals surface area (Å²) in [7, 11) is 0. The molecular formula is C29H34N2O4. The van der Waals surface area contributed by atoms with E-state index in [0.717, 1.165) is 31.2 Å². The maximum Gasteiger partial charge on any atom is 0.311 e. The summed E-state index contributed by atoms with van der Waals surface area (Å²) in [6, 6.07) is 18.7. The average Bonchev–Trinajstić information content (AvgIpc) is 3.60. The van der Waals surface area contributed by atoms with Crippen LogP contribution < -0.4 is 5.32 Å². The first kappa shape index (κ1) is 23.6. The number of piperidine rings is 1. The molecule has 0 bridgehead atoms. The van der Waals surface area contributed by atoms with Crippen LogP contribution in [-0.2, 0) is 14.3 Å². The Hall–Kier alpha value is -3.15. The minimum atomic E-state index is -1.19. The van der Waals surface area contributed by atoms with Gasteiger partial charge in [0.1, 0.15) is 5.54 Å². The molecule has 0 aromatic heterocycles. The lowest BCUT2D eigenvalue weighted by Gasteiger charge is -2.48. The van der Waals surface area contributed by atoms with Gasteiger partial charge < -0.3 is 15.0 Å². The highest BCUT2D eigenvalue weighted by Crippen LogP contribution is 2.61. The number of hydrogen-bond acceptors (Lipinski definition) is 4. The monoisotopic (exact) mass is 474 g/mol. The Morgan fingerprint density at radius 2 is 1.63 bits per heavy atom. The molecule has 35 heavy (non-hydrogen) atoms. The van der Waals surface area contributed by atoms with Crippen molar-refractivity contribution < 1.29 is 19.1 Å². The summed E-state index contributed by atoms with van der Waals surface area (Å²) in [5.41, 5.74) is 0.285. The van der Waals surface area contributed by atoms with Gasteiger partial charge >= 0.3 is 5.97 Å². The van der Waals surface area contributed by atoms with Crippen molar-refractivity contribution in [2.75, 3.05) is 6.61 Å². The molecular weight excluding hydrogens is 440 g/mol. The van der Waals surface area contributed by atoms with E-state index < -0.39 is 5.54 Å². The fourth-order valence-electron chi connectivity index (χ4n) is 6.55. The average molecular weight is 475 g/mol. The Kier molecular flexibility index (Phi) is 6.39. The van der Waals surface area contributed by atoms with Crippen LogP contribution >= 0.6 is 0 Å². The van der Waals surface area contributed by atoms with Gasteiger partial charge in [-0.3, -0.25) is 14.4 Å². The van der Waals surface area contributed by atoms with Gasteiger partial charge in [0, 0.05) is 23.4 Å². The second-order valence-corrected chi connectivity index (χ2v) is 10.3. The molecule has 2 saturated carbocycles. The van der Waals surface area contributed by atoms with Crippen LogP contribution in [0.5, 0.6) is 0 Å². The topological polar surface area (TPSA) is 75.7 Å². The number of hydrogen-bond donors (Lipinski definition) is 1. The summed E-state index contributed by atoms with van der Waals surface area (Å²) >= 11 is 0. The highest BCUT2D eigenvalue weighted by Gasteiger charge is 2.72. The summed E-state index contributed by atoms with van der Waals surface area (Å²) in [5.74, 6) is -1.41. The highest BCUT2D eigenvalue weighted by molar-refractivity contribution is 6.01. The quantitative estimate of drug-likeness (QED) is 0.633. The van der Waals surface area contributed by atoms with Crippen molar-refractivity contribution in [1.82, 2.24) is 10.2 Å². The van der Waals surface area contributed by atoms with Crippen molar-refractivity contribution in [2.45, 2.75) is 69.5 Å². The van der Waals surface area contributed by atoms with Crippen molar-refractivity contribution in [3.63, 3.8) is 0 Å². The molecule has 6 heteroatoms. The van der Waals surface area contributed by atoms with E-state index in [1.807, 2.05) is 67.3 Å². The van der Waals surface area contributed by atoms with E-state index in [-0.39, 0.29) is 47.6 Å². The lowest BCUT2D eigenvalue weighted by Crippen LogP contribution is -2.66. The van der Waals surface area contributed by atoms with Gasteiger partial charge in [-0.05, 0) is 44.4 Å². The molecule has 2 amide bonds. The molecule has 6 nitrogen and oxygen atoms in total. The summed E-state index contributed by atoms with van der Waals surface area (Å²) in [4.78, 5) is 42.9. The van der Waals surface area contributed by atoms with Crippen molar-refractivity contribution in [1.29, 1.82) is 0 Å². The first-order chi connectivity index (χ1) is 17.0. The number of benzene rings is 2. The molecule has 1 saturated heterocycles. The number of fused-ring (bicyclic) bond motifs is 1. The molecule has 1 heterocycles. The van der Waals surface area contributed by atoms with Crippen LogP contribution in [0.1, 0.15) is 67.8 Å². The molecule has 3 fully saturated rings. The third kappa shape index (κ3) is 4.13. The van der Waals surface area contributed by atoms with Gasteiger partial charge in [0.05, 0.1) is 18.6 Å². The number of nitrogens with one attached hydrogen (secondary N) is 1. The maximum atomic E-state index is 14.4. The standard InChI is InChI=1S/C29H34N2O4/c1-3-35-27(33)23-22-24(19-13-7-4-8-14-19)29(2,30-26(32)20-15-9-5-10-16-20)28(34)31(25(22)23)21-17-11-6-12-18-21/h4-5,7-10,13-16,21-25H,3,6,11-12,17-18H2,1-2H3,(H,30,32)/t22-,23+,24+,25+,29-/m1/s1. The van der Waals surface area contributed by atoms with E-state index in [1.54, 1.807) is 12.1 Å². The van der Waals surface area contributed by atoms with Gasteiger partial charge in [-0.1, -0.05) is 67.8 Å². The minimum Gasteiger partial charge on any atom is -0.466 e. The Bertz CT molecular complexity index is 1080. The summed E-state index contributed by atoms with van der Waals surface area (Å²) < 4.78 is 5.47. The minimum absolute atomic E-state index is 0.0874. The number of ether oxygens (including phenoxy) is 1. The third-order valence-corrected chi connectivity index (χ3v) is 8.14. The molecule has 1 aliphatic heterocycles. The zero-order valence-corrected chi connectivity index (χ0v) is 20.5. The Balaban J connectivity index is 1.58. The molecule has 2 aromatic carbocycles. The molecule has 0 radical (unpaired) electrons. The van der Waals surface area contributed by atoms with E-state index in [0.29, 0.717) is 12.2 Å². The Morgan fingerprint density at radius 3 is 2.26 bits per heavy atom. The molecule has 0 unspecified atom stereocenters. The normalized spacial score (nSPS) is 30.3. The zero-order chi connectivity index (χ0) is 24.6. The van der Waals surface area contributed by atoms with E-state index in [1.165, 1.54) is 6.42 Å². The van der Waals surface area contributed by atoms with Crippen molar-refractivity contribution in [3.05, 3.63) is 71.8 Å². The van der Waals surface area contributed by atoms with Crippen LogP contribution in [0.15, 0.2) is 60.7 Å². The lowest BCUT2D eigenvalue weighted by molar-refractivity contribution is -0.147. The SMILES string of the molecule is CCOC(=O)[C@H]1[C@H]2[C@@H]1N(C1CCCCC1)C(=O)[C@](C)(NC(=O)c1ccccc1)[C@H]2c1ccccc1. The molecule has 3 aliphatic rings. The van der Waals surface area contributed by atoms with Crippen LogP contribution in [0.3, 0.4) is 0 Å². The number of carbonyl (C=O) groups excluding carboxylic acids is 3. The highest BCUT2D eigenvalue weighted by atomic mass is 16.5. The van der Waals surface area contributed by atoms with E-state index in [2.05, 4.69) is 5.32 Å². The number of rotatable bonds is 6. The zero-order valence-electron chi connectivity index (χ0n) is 20.5. The van der Waals surface area contributed by atoms with Crippen LogP contribution in [0.25, 0.3) is 0 Å². The number of esters is 1. The molecule has 0 spiro atoms. The molecule has 5 rings (SSSR count). The van der Waals surface area contributed by atoms with E-state index in [4.69, 9.17) is 4.74 Å². The van der Waals surface area contributed by atoms with Crippen LogP contribution in [-0.4, -0.2) is 46.9 Å². The number of amides is 2. The van der Waals surface area contributed by atoms with Gasteiger partial charge in [0.25, 0.3) is 5.91 Å². The van der Waals surface area contributed by atoms with Crippen LogP contribution in [0, 0.1) is 11.8 Å². The van der Waals surface area contributed by atoms with Crippen molar-refractivity contribution >= 4 is 17.8 Å². The van der Waals surface area contributed by atoms with Gasteiger partial charge in [-0.2, -0.15) is 0 Å². The summed E-state index contributed by atoms with van der Waals surface area (Å²) in [6.45, 7) is 3.97. The van der Waals surface area contributed by atoms with Crippen molar-refractivity contribution in [2.24, 2.45) is 11.8 Å². The molecule has 1 N–H and O–H groups in total. The third-order valence-electron chi connectivity index (χ3n) is 8.14. The number of likely N-dealkylation sites (tertiary alicyclic amines) is 1. The van der Waals surface area contributed by atoms with E-state index in [9.17, 15) is 14.4 Å². The number of carbonyl (C=O) groups is 3. The lowest BCUT2D eigenvalue weighted by atomic mass is 9.72. The van der Waals surface area contributed by atoms with Crippen LogP contribution in [0.4, 0.5) is 0 Å². The van der Waals surface area contributed by atoms with Gasteiger partial charge in [0.2, 0.25) is 5.91 Å². The second-order valence-electron chi connectivity index (χ2n) is 10.3. The molecule has 184 valence electrons. The van der Waals surface area contributed by atoms with E-state index >= 15 is 0 Å². The Morgan fingerprint density at radius 1 is 1.00 bits per heavy atom. The summed E-state index contributed by atoms with van der Waals surface area (Å²) in [5, 5.41) is 3.15. The Labute approximate surface area is 207 Å². The predicted molar refractivity (Wildman–Crippen MR) is 133 cm³/mol. The van der Waals surface area contributed by atoms with Gasteiger partial charge in [-0.15, -0.1) is 0 Å². The predicted octanol–water partition coefficient (Wildman–Crippen LogP) is 4.31. The first-order valence-corrected chi connectivity index (χ1v) is 12.9. The summed E-state index contributed by atoms with van der Waals surface area (Å²) in [6.07, 6.45) is 5.19. The van der Waals surface area contributed by atoms with Crippen molar-refractivity contribution in [3.8, 4) is 0 Å². The van der Waals surface area contributed by atoms with Gasteiger partial charge in [-0.25, -0.2) is 0 Å². The smallest absolute Gasteiger partial charge is 0.311 e. The number of nitrogens with zero attached hydrogens (tertiary/aromatic N) is 1. The molecule has 2 aliphatic carbocycles. The first-order valence-electron chi connectivity index (χ1n) is 12.9. The van der Waals surface area contributed by atoms with Gasteiger partial charge in [0.15, 0.2) is 0 Å². The molecule has 2 aromatic rings. The van der Waals surface area contributed by atoms with Crippen LogP contribution in [0.2, 0.25) is 0 Å².